The largest absolute Gasteiger partial charge is 0.278 e. The van der Waals surface area contributed by atoms with Crippen molar-refractivity contribution in [3.63, 3.8) is 0 Å². The van der Waals surface area contributed by atoms with E-state index in [1.165, 1.54) is 6.07 Å². The molecule has 3 aromatic rings. The first kappa shape index (κ1) is 12.4. The average molecular weight is 273 g/mol. The molecular formula is C14H9F2N3O. The van der Waals surface area contributed by atoms with Crippen molar-refractivity contribution in [3.05, 3.63) is 58.6 Å². The van der Waals surface area contributed by atoms with Crippen LogP contribution in [0, 0.1) is 23.5 Å². The van der Waals surface area contributed by atoms with Crippen molar-refractivity contribution in [1.82, 2.24) is 9.38 Å². The molecule has 0 atom stereocenters. The number of rotatable bonds is 2. The Hall–Kier alpha value is -2.63. The summed E-state index contributed by atoms with van der Waals surface area (Å²) < 4.78 is 27.9. The number of nitrogens with zero attached hydrogens (tertiary/aromatic N) is 3. The summed E-state index contributed by atoms with van der Waals surface area (Å²) in [5.41, 5.74) is 1.84. The standard InChI is InChI=1S/C14H9F2N3O/c1-8-3-2-4-12-17-13(14(18-20)19(8)12)9-5-6-10(15)11(16)7-9/h2-7H,1H3. The zero-order valence-corrected chi connectivity index (χ0v) is 10.5. The summed E-state index contributed by atoms with van der Waals surface area (Å²) in [6, 6.07) is 8.67. The Balaban J connectivity index is 2.33. The van der Waals surface area contributed by atoms with Gasteiger partial charge in [-0.25, -0.2) is 13.8 Å². The van der Waals surface area contributed by atoms with E-state index in [0.717, 1.165) is 17.8 Å². The maximum Gasteiger partial charge on any atom is 0.209 e. The lowest BCUT2D eigenvalue weighted by molar-refractivity contribution is 0.509. The van der Waals surface area contributed by atoms with Gasteiger partial charge >= 0.3 is 0 Å². The van der Waals surface area contributed by atoms with E-state index in [0.29, 0.717) is 11.2 Å². The van der Waals surface area contributed by atoms with Crippen LogP contribution in [0.4, 0.5) is 14.6 Å². The fourth-order valence-electron chi connectivity index (χ4n) is 2.16. The highest BCUT2D eigenvalue weighted by Gasteiger charge is 2.17. The highest BCUT2D eigenvalue weighted by molar-refractivity contribution is 5.74. The summed E-state index contributed by atoms with van der Waals surface area (Å²) in [5, 5.41) is 2.98. The zero-order chi connectivity index (χ0) is 14.3. The van der Waals surface area contributed by atoms with Crippen LogP contribution in [-0.4, -0.2) is 9.38 Å². The molecule has 20 heavy (non-hydrogen) atoms. The van der Waals surface area contributed by atoms with Gasteiger partial charge < -0.3 is 0 Å². The Bertz CT molecular complexity index is 827. The second-order valence-corrected chi connectivity index (χ2v) is 4.36. The predicted octanol–water partition coefficient (Wildman–Crippen LogP) is 3.99. The second kappa shape index (κ2) is 4.48. The highest BCUT2D eigenvalue weighted by atomic mass is 19.2. The van der Waals surface area contributed by atoms with Gasteiger partial charge in [-0.3, -0.25) is 4.40 Å². The minimum absolute atomic E-state index is 0.0732. The topological polar surface area (TPSA) is 46.7 Å². The molecule has 2 heterocycles. The lowest BCUT2D eigenvalue weighted by Gasteiger charge is -2.00. The minimum Gasteiger partial charge on any atom is -0.278 e. The summed E-state index contributed by atoms with van der Waals surface area (Å²) in [7, 11) is 0. The molecule has 100 valence electrons. The minimum atomic E-state index is -0.992. The first-order chi connectivity index (χ1) is 9.61. The fourth-order valence-corrected chi connectivity index (χ4v) is 2.16. The second-order valence-electron chi connectivity index (χ2n) is 4.36. The summed E-state index contributed by atoms with van der Waals surface area (Å²) in [4.78, 5) is 15.4. The molecule has 0 aliphatic heterocycles. The Morgan fingerprint density at radius 1 is 1.15 bits per heavy atom. The van der Waals surface area contributed by atoms with E-state index in [2.05, 4.69) is 10.2 Å². The molecule has 0 bridgehead atoms. The van der Waals surface area contributed by atoms with Crippen molar-refractivity contribution in [1.29, 1.82) is 0 Å². The quantitative estimate of drug-likeness (QED) is 0.663. The summed E-state index contributed by atoms with van der Waals surface area (Å²) >= 11 is 0. The van der Waals surface area contributed by atoms with Crippen LogP contribution in [0.3, 0.4) is 0 Å². The number of nitroso groups, excluding NO2 is 1. The van der Waals surface area contributed by atoms with Crippen LogP contribution in [-0.2, 0) is 0 Å². The van der Waals surface area contributed by atoms with Crippen LogP contribution in [0.15, 0.2) is 41.6 Å². The number of hydrogen-bond acceptors (Lipinski definition) is 3. The normalized spacial score (nSPS) is 10.9. The van der Waals surface area contributed by atoms with Crippen LogP contribution >= 0.6 is 0 Å². The van der Waals surface area contributed by atoms with E-state index in [4.69, 9.17) is 0 Å². The average Bonchev–Trinajstić information content (AvgIpc) is 2.82. The Kier molecular flexibility index (Phi) is 2.78. The lowest BCUT2D eigenvalue weighted by atomic mass is 10.1. The third-order valence-corrected chi connectivity index (χ3v) is 3.09. The smallest absolute Gasteiger partial charge is 0.209 e. The van der Waals surface area contributed by atoms with Crippen LogP contribution in [0.2, 0.25) is 0 Å². The number of aromatic nitrogens is 2. The Morgan fingerprint density at radius 2 is 1.95 bits per heavy atom. The predicted molar refractivity (Wildman–Crippen MR) is 70.7 cm³/mol. The van der Waals surface area contributed by atoms with Crippen molar-refractivity contribution in [3.8, 4) is 11.3 Å². The molecule has 0 N–H and O–H groups in total. The van der Waals surface area contributed by atoms with Crippen LogP contribution in [0.1, 0.15) is 5.69 Å². The maximum absolute atomic E-state index is 13.3. The number of halogens is 2. The fraction of sp³-hybridized carbons (Fsp3) is 0.0714. The summed E-state index contributed by atoms with van der Waals surface area (Å²) in [6.07, 6.45) is 0. The van der Waals surface area contributed by atoms with Gasteiger partial charge in [-0.1, -0.05) is 6.07 Å². The number of benzene rings is 1. The van der Waals surface area contributed by atoms with Gasteiger partial charge in [-0.2, -0.15) is 0 Å². The van der Waals surface area contributed by atoms with Gasteiger partial charge in [0, 0.05) is 11.3 Å². The number of pyridine rings is 1. The molecule has 0 saturated carbocycles. The lowest BCUT2D eigenvalue weighted by Crippen LogP contribution is -1.89. The maximum atomic E-state index is 13.3. The molecule has 0 aliphatic carbocycles. The van der Waals surface area contributed by atoms with Crippen molar-refractivity contribution >= 4 is 11.5 Å². The van der Waals surface area contributed by atoms with Crippen LogP contribution < -0.4 is 0 Å². The third kappa shape index (κ3) is 1.77. The first-order valence-corrected chi connectivity index (χ1v) is 5.88. The molecule has 3 rings (SSSR count). The van der Waals surface area contributed by atoms with Crippen LogP contribution in [0.5, 0.6) is 0 Å². The van der Waals surface area contributed by atoms with Gasteiger partial charge in [0.05, 0.1) is 0 Å². The van der Waals surface area contributed by atoms with E-state index in [1.807, 2.05) is 0 Å². The van der Waals surface area contributed by atoms with Gasteiger partial charge in [0.15, 0.2) is 11.6 Å². The first-order valence-electron chi connectivity index (χ1n) is 5.88. The molecular weight excluding hydrogens is 264 g/mol. The number of imidazole rings is 1. The van der Waals surface area contributed by atoms with Crippen molar-refractivity contribution < 1.29 is 8.78 Å². The molecule has 4 nitrogen and oxygen atoms in total. The van der Waals surface area contributed by atoms with Crippen molar-refractivity contribution in [2.45, 2.75) is 6.92 Å². The zero-order valence-electron chi connectivity index (χ0n) is 10.5. The summed E-state index contributed by atoms with van der Waals surface area (Å²) in [6.45, 7) is 1.80. The molecule has 1 aromatic carbocycles. The molecule has 0 spiro atoms. The number of hydrogen-bond donors (Lipinski definition) is 0. The number of aryl methyl sites for hydroxylation is 1. The molecule has 0 saturated heterocycles. The number of fused-ring (bicyclic) bond motifs is 1. The monoisotopic (exact) mass is 273 g/mol. The van der Waals surface area contributed by atoms with Gasteiger partial charge in [0.2, 0.25) is 5.82 Å². The van der Waals surface area contributed by atoms with E-state index < -0.39 is 11.6 Å². The molecule has 0 amide bonds. The van der Waals surface area contributed by atoms with E-state index in [9.17, 15) is 13.7 Å². The van der Waals surface area contributed by atoms with Crippen LogP contribution in [0.25, 0.3) is 16.9 Å². The summed E-state index contributed by atoms with van der Waals surface area (Å²) in [5.74, 6) is -1.87. The molecule has 0 aliphatic rings. The molecule has 2 aromatic heterocycles. The highest BCUT2D eigenvalue weighted by Crippen LogP contribution is 2.32. The molecule has 0 fully saturated rings. The molecule has 6 heteroatoms. The van der Waals surface area contributed by atoms with Gasteiger partial charge in [-0.15, -0.1) is 4.91 Å². The Labute approximate surface area is 112 Å². The van der Waals surface area contributed by atoms with E-state index in [1.54, 1.807) is 29.5 Å². The third-order valence-electron chi connectivity index (χ3n) is 3.09. The van der Waals surface area contributed by atoms with Gasteiger partial charge in [-0.05, 0) is 42.4 Å². The van der Waals surface area contributed by atoms with Crippen molar-refractivity contribution in [2.75, 3.05) is 0 Å². The van der Waals surface area contributed by atoms with Crippen molar-refractivity contribution in [2.24, 2.45) is 5.18 Å². The Morgan fingerprint density at radius 3 is 2.65 bits per heavy atom. The molecule has 0 radical (unpaired) electrons. The van der Waals surface area contributed by atoms with E-state index >= 15 is 0 Å². The SMILES string of the molecule is Cc1cccc2nc(-c3ccc(F)c(F)c3)c(N=O)n12. The van der Waals surface area contributed by atoms with Gasteiger partial charge in [0.25, 0.3) is 0 Å². The van der Waals surface area contributed by atoms with Gasteiger partial charge in [0.1, 0.15) is 11.3 Å². The molecule has 0 unspecified atom stereocenters. The van der Waals surface area contributed by atoms with E-state index in [-0.39, 0.29) is 11.5 Å².